The second-order valence-electron chi connectivity index (χ2n) is 1.31. The SMILES string of the molecule is [2H]Nc1n[c-]nc(C)n1.[Y]. The molecule has 0 aliphatic carbocycles. The first kappa shape index (κ1) is 7.03. The molecule has 0 spiro atoms. The van der Waals surface area contributed by atoms with Gasteiger partial charge in [-0.3, -0.25) is 0 Å². The molecule has 1 radical (unpaired) electrons. The van der Waals surface area contributed by atoms with Gasteiger partial charge in [-0.05, 0) is 0 Å². The van der Waals surface area contributed by atoms with E-state index in [0.717, 1.165) is 0 Å². The van der Waals surface area contributed by atoms with Crippen LogP contribution in [0.5, 0.6) is 0 Å². The van der Waals surface area contributed by atoms with Gasteiger partial charge in [0.1, 0.15) is 7.36 Å². The van der Waals surface area contributed by atoms with Gasteiger partial charge in [-0.2, -0.15) is 0 Å². The summed E-state index contributed by atoms with van der Waals surface area (Å²) in [6.07, 6.45) is 2.34. The molecule has 1 aromatic rings. The maximum atomic E-state index is 6.62. The summed E-state index contributed by atoms with van der Waals surface area (Å²) in [4.78, 5) is 10.9. The van der Waals surface area contributed by atoms with Gasteiger partial charge < -0.3 is 20.7 Å². The van der Waals surface area contributed by atoms with Gasteiger partial charge in [-0.15, -0.1) is 0 Å². The number of hydrogen-bond acceptors (Lipinski definition) is 4. The van der Waals surface area contributed by atoms with Crippen LogP contribution in [0.4, 0.5) is 5.95 Å². The van der Waals surface area contributed by atoms with Gasteiger partial charge in [0, 0.05) is 44.9 Å². The molecule has 4 nitrogen and oxygen atoms in total. The van der Waals surface area contributed by atoms with Gasteiger partial charge in [0.15, 0.2) is 0 Å². The van der Waals surface area contributed by atoms with E-state index in [1.165, 1.54) is 0 Å². The van der Waals surface area contributed by atoms with E-state index in [1.807, 2.05) is 5.73 Å². The van der Waals surface area contributed by atoms with E-state index in [1.54, 1.807) is 6.92 Å². The number of anilines is 1. The maximum absolute atomic E-state index is 6.62. The van der Waals surface area contributed by atoms with E-state index < -0.39 is 0 Å². The summed E-state index contributed by atoms with van der Waals surface area (Å²) in [5.41, 5.74) is 2.02. The third-order valence-corrected chi connectivity index (χ3v) is 0.635. The molecule has 5 heteroatoms. The molecule has 0 amide bonds. The number of aromatic nitrogens is 3. The van der Waals surface area contributed by atoms with Gasteiger partial charge in [0.2, 0.25) is 0 Å². The second-order valence-corrected chi connectivity index (χ2v) is 1.31. The molecule has 9 heavy (non-hydrogen) atoms. The van der Waals surface area contributed by atoms with E-state index in [0.29, 0.717) is 5.82 Å². The molecule has 1 aromatic heterocycles. The minimum absolute atomic E-state index is 0. The zero-order valence-electron chi connectivity index (χ0n) is 5.92. The van der Waals surface area contributed by atoms with Crippen molar-refractivity contribution in [3.63, 3.8) is 0 Å². The average Bonchev–Trinajstić information content (AvgIpc) is 1.88. The van der Waals surface area contributed by atoms with Crippen molar-refractivity contribution >= 4 is 5.95 Å². The fourth-order valence-corrected chi connectivity index (χ4v) is 0.348. The summed E-state index contributed by atoms with van der Waals surface area (Å²) in [7, 11) is 0. The Balaban J connectivity index is 0.000000810. The summed E-state index contributed by atoms with van der Waals surface area (Å²) < 4.78 is 6.62. The normalized spacial score (nSPS) is 9.22. The molecule has 0 unspecified atom stereocenters. The first-order valence-electron chi connectivity index (χ1n) is 2.59. The van der Waals surface area contributed by atoms with Crippen molar-refractivity contribution in [2.24, 2.45) is 0 Å². The van der Waals surface area contributed by atoms with Crippen LogP contribution < -0.4 is 5.73 Å². The average molecular weight is 199 g/mol. The van der Waals surface area contributed by atoms with Crippen LogP contribution in [0.2, 0.25) is 1.41 Å². The maximum Gasteiger partial charge on any atom is 0.143 e. The van der Waals surface area contributed by atoms with Gasteiger partial charge in [-0.1, -0.05) is 6.92 Å². The van der Waals surface area contributed by atoms with Crippen LogP contribution in [-0.4, -0.2) is 15.0 Å². The number of nitrogens with two attached hydrogens (primary N) is 1. The zero-order valence-corrected chi connectivity index (χ0v) is 7.76. The number of aryl methyl sites for hydroxylation is 1. The number of nitrogens with zero attached hydrogens (tertiary/aromatic N) is 3. The van der Waals surface area contributed by atoms with E-state index in [-0.39, 0.29) is 38.7 Å². The van der Waals surface area contributed by atoms with Crippen LogP contribution >= 0.6 is 0 Å². The summed E-state index contributed by atoms with van der Waals surface area (Å²) in [5.74, 6) is 0.780. The summed E-state index contributed by atoms with van der Waals surface area (Å²) in [6.45, 7) is 1.71. The van der Waals surface area contributed by atoms with Crippen LogP contribution in [0.15, 0.2) is 0 Å². The molecule has 0 bridgehead atoms. The Hall–Kier alpha value is -0.0861. The molecule has 2 N–H and O–H groups in total. The van der Waals surface area contributed by atoms with Crippen molar-refractivity contribution < 1.29 is 34.1 Å². The van der Waals surface area contributed by atoms with Crippen LogP contribution in [0.1, 0.15) is 5.82 Å². The first-order valence-corrected chi connectivity index (χ1v) is 2.09. The topological polar surface area (TPSA) is 64.7 Å². The molecule has 0 aromatic carbocycles. The van der Waals surface area contributed by atoms with Crippen molar-refractivity contribution in [2.45, 2.75) is 6.92 Å². The smallest absolute Gasteiger partial charge is 0.143 e. The summed E-state index contributed by atoms with van der Waals surface area (Å²) in [6, 6.07) is 0. The molecule has 0 saturated heterocycles. The second kappa shape index (κ2) is 3.85. The molecule has 45 valence electrons. The van der Waals surface area contributed by atoms with Crippen molar-refractivity contribution in [1.29, 1.82) is 0 Å². The third-order valence-electron chi connectivity index (χ3n) is 0.635. The molecular weight excluding hydrogens is 193 g/mol. The molecule has 0 aliphatic rings. The predicted octanol–water partition coefficient (Wildman–Crippen LogP) is -0.440. The largest absolute Gasteiger partial charge is 0.420 e. The standard InChI is InChI=1S/C4H5N4.Y/c1-3-6-2-7-4(5)8-3;/h1H3,(H2,5,6,7,8);/q-1;/i/hD. The fraction of sp³-hybridized carbons (Fsp3) is 0.250. The molecule has 1 heterocycles. The predicted molar refractivity (Wildman–Crippen MR) is 27.8 cm³/mol. The van der Waals surface area contributed by atoms with Crippen LogP contribution in [0, 0.1) is 13.3 Å². The quantitative estimate of drug-likeness (QED) is 0.622. The van der Waals surface area contributed by atoms with Crippen molar-refractivity contribution in [1.82, 2.24) is 15.0 Å². The number of rotatable bonds is 1. The Morgan fingerprint density at radius 1 is 1.67 bits per heavy atom. The van der Waals surface area contributed by atoms with E-state index in [4.69, 9.17) is 1.41 Å². The Bertz CT molecular complexity index is 206. The molecule has 0 saturated carbocycles. The summed E-state index contributed by atoms with van der Waals surface area (Å²) >= 11 is 0. The molecule has 0 fully saturated rings. The van der Waals surface area contributed by atoms with Gasteiger partial charge in [-0.25, -0.2) is 0 Å². The Labute approximate surface area is 79.6 Å². The molecule has 1 rings (SSSR count). The van der Waals surface area contributed by atoms with Crippen molar-refractivity contribution in [2.75, 3.05) is 5.73 Å². The minimum atomic E-state index is 0. The first-order chi connectivity index (χ1) is 4.33. The van der Waals surface area contributed by atoms with Gasteiger partial charge >= 0.3 is 0 Å². The monoisotopic (exact) mass is 199 g/mol. The molecular formula is C4H5N4Y-. The van der Waals surface area contributed by atoms with E-state index in [2.05, 4.69) is 21.3 Å². The van der Waals surface area contributed by atoms with Gasteiger partial charge in [0.25, 0.3) is 0 Å². The Morgan fingerprint density at radius 2 is 2.44 bits per heavy atom. The van der Waals surface area contributed by atoms with Gasteiger partial charge in [0.05, 0.1) is 0 Å². The van der Waals surface area contributed by atoms with E-state index >= 15 is 0 Å². The molecule has 0 aliphatic heterocycles. The summed E-state index contributed by atoms with van der Waals surface area (Å²) in [5, 5.41) is 0. The van der Waals surface area contributed by atoms with Crippen LogP contribution in [-0.2, 0) is 32.7 Å². The Kier molecular flexibility index (Phi) is 3.00. The zero-order chi connectivity index (χ0) is 6.69. The van der Waals surface area contributed by atoms with Crippen molar-refractivity contribution in [3.05, 3.63) is 12.2 Å². The van der Waals surface area contributed by atoms with Crippen LogP contribution in [0.25, 0.3) is 0 Å². The minimum Gasteiger partial charge on any atom is -0.420 e. The third kappa shape index (κ3) is 2.82. The van der Waals surface area contributed by atoms with Crippen LogP contribution in [0.3, 0.4) is 0 Å². The number of hydrogen-bond donors (Lipinski definition) is 1. The van der Waals surface area contributed by atoms with E-state index in [9.17, 15) is 0 Å². The molecule has 0 atom stereocenters. The van der Waals surface area contributed by atoms with Crippen molar-refractivity contribution in [3.8, 4) is 0 Å². The Morgan fingerprint density at radius 3 is 2.89 bits per heavy atom. The number of nitrogen functional groups attached to an aromatic ring is 1. The fourth-order valence-electron chi connectivity index (χ4n) is 0.348.